The van der Waals surface area contributed by atoms with Crippen LogP contribution in [0.15, 0.2) is 57.6 Å². The number of ketones is 1. The third kappa shape index (κ3) is 3.41. The van der Waals surface area contributed by atoms with E-state index in [-0.39, 0.29) is 5.92 Å². The van der Waals surface area contributed by atoms with E-state index in [9.17, 15) is 4.79 Å². The molecule has 1 heterocycles. The summed E-state index contributed by atoms with van der Waals surface area (Å²) in [5.74, 6) is 1.49. The molecule has 1 aliphatic carbocycles. The molecule has 2 aliphatic rings. The van der Waals surface area contributed by atoms with Gasteiger partial charge in [0, 0.05) is 22.4 Å². The number of hydrogen-bond donors (Lipinski definition) is 0. The van der Waals surface area contributed by atoms with E-state index in [2.05, 4.69) is 41.6 Å². The molecule has 0 aromatic heterocycles. The first kappa shape index (κ1) is 17.2. The summed E-state index contributed by atoms with van der Waals surface area (Å²) >= 11 is 3.54. The molecule has 0 amide bonds. The molecule has 3 heteroatoms. The van der Waals surface area contributed by atoms with Gasteiger partial charge in [-0.15, -0.1) is 0 Å². The highest BCUT2D eigenvalue weighted by Crippen LogP contribution is 2.41. The number of Topliss-reactive ketones (excluding diaryl/α,β-unsaturated/α-hetero) is 1. The largest absolute Gasteiger partial charge is 0.492 e. The number of rotatable bonds is 4. The Balaban J connectivity index is 2.03. The fourth-order valence-corrected chi connectivity index (χ4v) is 3.94. The lowest BCUT2D eigenvalue weighted by Crippen LogP contribution is -2.12. The smallest absolute Gasteiger partial charge is 0.158 e. The summed E-state index contributed by atoms with van der Waals surface area (Å²) in [6.07, 6.45) is 3.48. The van der Waals surface area contributed by atoms with Gasteiger partial charge in [0.15, 0.2) is 5.78 Å². The molecule has 0 radical (unpaired) electrons. The van der Waals surface area contributed by atoms with E-state index in [1.54, 1.807) is 0 Å². The molecule has 24 heavy (non-hydrogen) atoms. The lowest BCUT2D eigenvalue weighted by Gasteiger charge is -2.20. The third-order valence-electron chi connectivity index (χ3n) is 5.02. The van der Waals surface area contributed by atoms with Crippen molar-refractivity contribution in [3.63, 3.8) is 0 Å². The molecule has 2 nitrogen and oxygen atoms in total. The minimum atomic E-state index is 0.233. The van der Waals surface area contributed by atoms with Crippen molar-refractivity contribution in [3.05, 3.63) is 63.2 Å². The number of allylic oxidation sites excluding steroid dienone is 2. The molecule has 1 atom stereocenters. The zero-order valence-electron chi connectivity index (χ0n) is 14.3. The Labute approximate surface area is 152 Å². The minimum Gasteiger partial charge on any atom is -0.492 e. The predicted octanol–water partition coefficient (Wildman–Crippen LogP) is 5.84. The Morgan fingerprint density at radius 2 is 2.17 bits per heavy atom. The fraction of sp³-hybridized carbons (Fsp3) is 0.381. The van der Waals surface area contributed by atoms with Crippen molar-refractivity contribution < 1.29 is 9.53 Å². The quantitative estimate of drug-likeness (QED) is 0.607. The van der Waals surface area contributed by atoms with Crippen LogP contribution in [0.3, 0.4) is 0 Å². The van der Waals surface area contributed by atoms with Gasteiger partial charge in [-0.1, -0.05) is 45.8 Å². The maximum atomic E-state index is 12.1. The Kier molecular flexibility index (Phi) is 5.09. The number of hydrogen-bond acceptors (Lipinski definition) is 2. The van der Waals surface area contributed by atoms with Crippen molar-refractivity contribution in [2.75, 3.05) is 6.61 Å². The number of carbonyl (C=O) groups is 1. The van der Waals surface area contributed by atoms with Crippen LogP contribution in [-0.4, -0.2) is 12.4 Å². The molecule has 0 bridgehead atoms. The number of halogens is 1. The van der Waals surface area contributed by atoms with Crippen LogP contribution in [0.25, 0.3) is 5.76 Å². The molecule has 1 aromatic rings. The van der Waals surface area contributed by atoms with Crippen LogP contribution in [0, 0.1) is 5.92 Å². The normalized spacial score (nSPS) is 21.3. The van der Waals surface area contributed by atoms with Crippen molar-refractivity contribution in [2.45, 2.75) is 39.5 Å². The van der Waals surface area contributed by atoms with E-state index in [0.717, 1.165) is 46.2 Å². The fourth-order valence-electron chi connectivity index (χ4n) is 3.55. The van der Waals surface area contributed by atoms with Crippen LogP contribution in [0.4, 0.5) is 0 Å². The maximum Gasteiger partial charge on any atom is 0.158 e. The summed E-state index contributed by atoms with van der Waals surface area (Å²) in [4.78, 5) is 12.1. The van der Waals surface area contributed by atoms with Crippen molar-refractivity contribution >= 4 is 27.5 Å². The van der Waals surface area contributed by atoms with E-state index < -0.39 is 0 Å². The van der Waals surface area contributed by atoms with Gasteiger partial charge in [-0.2, -0.15) is 0 Å². The molecular weight excluding hydrogens is 364 g/mol. The third-order valence-corrected chi connectivity index (χ3v) is 5.52. The first-order valence-corrected chi connectivity index (χ1v) is 9.25. The summed E-state index contributed by atoms with van der Waals surface area (Å²) in [6, 6.07) is 8.20. The van der Waals surface area contributed by atoms with E-state index in [1.807, 2.05) is 19.1 Å². The molecule has 0 saturated heterocycles. The second kappa shape index (κ2) is 7.10. The van der Waals surface area contributed by atoms with Gasteiger partial charge >= 0.3 is 0 Å². The van der Waals surface area contributed by atoms with Gasteiger partial charge in [0.1, 0.15) is 5.76 Å². The van der Waals surface area contributed by atoms with Crippen molar-refractivity contribution in [3.8, 4) is 0 Å². The maximum absolute atomic E-state index is 12.1. The SMILES string of the molecule is C=C(C)C1COC(c2cccc(Br)c2)=C1CC1=C(C)C(=O)CCC1. The Hall–Kier alpha value is -1.61. The van der Waals surface area contributed by atoms with E-state index in [1.165, 1.54) is 11.1 Å². The Morgan fingerprint density at radius 3 is 2.88 bits per heavy atom. The summed E-state index contributed by atoms with van der Waals surface area (Å²) in [7, 11) is 0. The predicted molar refractivity (Wildman–Crippen MR) is 101 cm³/mol. The highest BCUT2D eigenvalue weighted by atomic mass is 79.9. The highest BCUT2D eigenvalue weighted by Gasteiger charge is 2.30. The molecule has 0 saturated carbocycles. The van der Waals surface area contributed by atoms with Crippen molar-refractivity contribution in [2.24, 2.45) is 5.92 Å². The standard InChI is InChI=1S/C21H23BrO2/c1-13(2)19-12-24-21(16-7-4-8-17(22)10-16)18(19)11-15-6-5-9-20(23)14(15)3/h4,7-8,10,19H,1,5-6,9,11-12H2,2-3H3. The second-order valence-corrected chi connectivity index (χ2v) is 7.67. The lowest BCUT2D eigenvalue weighted by atomic mass is 9.82. The molecule has 3 rings (SSSR count). The average Bonchev–Trinajstić information content (AvgIpc) is 2.96. The highest BCUT2D eigenvalue weighted by molar-refractivity contribution is 9.10. The monoisotopic (exact) mass is 386 g/mol. The van der Waals surface area contributed by atoms with Gasteiger partial charge in [0.2, 0.25) is 0 Å². The van der Waals surface area contributed by atoms with Gasteiger partial charge < -0.3 is 4.74 Å². The van der Waals surface area contributed by atoms with Gasteiger partial charge in [-0.05, 0) is 56.4 Å². The van der Waals surface area contributed by atoms with Gasteiger partial charge in [-0.3, -0.25) is 4.79 Å². The van der Waals surface area contributed by atoms with Crippen LogP contribution in [0.5, 0.6) is 0 Å². The zero-order valence-corrected chi connectivity index (χ0v) is 15.9. The number of carbonyl (C=O) groups excluding carboxylic acids is 1. The van der Waals surface area contributed by atoms with Crippen molar-refractivity contribution in [1.82, 2.24) is 0 Å². The van der Waals surface area contributed by atoms with Gasteiger partial charge in [-0.25, -0.2) is 0 Å². The molecular formula is C21H23BrO2. The number of benzene rings is 1. The molecule has 1 aromatic carbocycles. The molecule has 1 unspecified atom stereocenters. The number of ether oxygens (including phenoxy) is 1. The van der Waals surface area contributed by atoms with Crippen LogP contribution < -0.4 is 0 Å². The van der Waals surface area contributed by atoms with Gasteiger partial charge in [0.25, 0.3) is 0 Å². The molecule has 126 valence electrons. The average molecular weight is 387 g/mol. The van der Waals surface area contributed by atoms with Crippen LogP contribution in [0.2, 0.25) is 0 Å². The first-order chi connectivity index (χ1) is 11.5. The summed E-state index contributed by atoms with van der Waals surface area (Å²) in [5, 5.41) is 0. The second-order valence-electron chi connectivity index (χ2n) is 6.76. The topological polar surface area (TPSA) is 26.3 Å². The summed E-state index contributed by atoms with van der Waals surface area (Å²) in [5.41, 5.74) is 5.70. The Bertz CT molecular complexity index is 755. The van der Waals surface area contributed by atoms with E-state index >= 15 is 0 Å². The van der Waals surface area contributed by atoms with Crippen LogP contribution >= 0.6 is 15.9 Å². The molecule has 0 N–H and O–H groups in total. The van der Waals surface area contributed by atoms with E-state index in [4.69, 9.17) is 4.74 Å². The van der Waals surface area contributed by atoms with Crippen LogP contribution in [0.1, 0.15) is 45.1 Å². The summed E-state index contributed by atoms with van der Waals surface area (Å²) < 4.78 is 7.11. The zero-order chi connectivity index (χ0) is 17.3. The first-order valence-electron chi connectivity index (χ1n) is 8.46. The molecule has 1 aliphatic heterocycles. The molecule has 0 fully saturated rings. The van der Waals surface area contributed by atoms with E-state index in [0.29, 0.717) is 18.8 Å². The van der Waals surface area contributed by atoms with Gasteiger partial charge in [0.05, 0.1) is 6.61 Å². The minimum absolute atomic E-state index is 0.233. The Morgan fingerprint density at radius 1 is 1.38 bits per heavy atom. The molecule has 0 spiro atoms. The lowest BCUT2D eigenvalue weighted by molar-refractivity contribution is -0.116. The van der Waals surface area contributed by atoms with Crippen molar-refractivity contribution in [1.29, 1.82) is 0 Å². The van der Waals surface area contributed by atoms with Crippen LogP contribution in [-0.2, 0) is 9.53 Å². The summed E-state index contributed by atoms with van der Waals surface area (Å²) in [6.45, 7) is 8.83.